The second-order valence-corrected chi connectivity index (χ2v) is 4.77. The number of para-hydroxylation sites is 1. The number of imidazole rings is 1. The van der Waals surface area contributed by atoms with Gasteiger partial charge in [-0.15, -0.1) is 0 Å². The van der Waals surface area contributed by atoms with E-state index in [0.29, 0.717) is 11.3 Å². The Hall–Kier alpha value is -2.77. The quantitative estimate of drug-likeness (QED) is 0.599. The summed E-state index contributed by atoms with van der Waals surface area (Å²) in [6.07, 6.45) is 0.711. The van der Waals surface area contributed by atoms with E-state index in [2.05, 4.69) is 4.98 Å². The number of aromatic nitrogens is 2. The number of nitrogens with zero attached hydrogens (tertiary/aromatic N) is 2. The second-order valence-electron chi connectivity index (χ2n) is 4.77. The average molecular weight is 340 g/mol. The topological polar surface area (TPSA) is 53.4 Å². The monoisotopic (exact) mass is 340 g/mol. The molecule has 0 amide bonds. The second kappa shape index (κ2) is 7.67. The Morgan fingerprint density at radius 1 is 1.33 bits per heavy atom. The number of rotatable bonds is 6. The lowest BCUT2D eigenvalue weighted by Crippen LogP contribution is -2.19. The van der Waals surface area contributed by atoms with Crippen molar-refractivity contribution in [1.82, 2.24) is 9.55 Å². The van der Waals surface area contributed by atoms with Crippen LogP contribution in [0.4, 0.5) is 13.2 Å². The Kier molecular flexibility index (Phi) is 5.62. The number of hydrogen-bond donors (Lipinski definition) is 0. The Labute approximate surface area is 136 Å². The summed E-state index contributed by atoms with van der Waals surface area (Å²) in [6.45, 7) is -1.53. The maximum absolute atomic E-state index is 12.4. The molecule has 0 aliphatic rings. The lowest BCUT2D eigenvalue weighted by Gasteiger charge is -2.10. The molecule has 0 bridgehead atoms. The van der Waals surface area contributed by atoms with Crippen molar-refractivity contribution in [2.24, 2.45) is 0 Å². The standard InChI is InChI=1S/C16H15F3N2O3/c1-23-13-5-3-2-4-12(13)6-7-15(22)24-10-14-20-8-9-21(14)11-16(17,18)19/h2-9H,10-11H2,1H3. The molecule has 5 nitrogen and oxygen atoms in total. The Morgan fingerprint density at radius 3 is 2.79 bits per heavy atom. The first-order valence-electron chi connectivity index (χ1n) is 6.93. The van der Waals surface area contributed by atoms with Crippen LogP contribution < -0.4 is 4.74 Å². The number of halogens is 3. The molecule has 0 N–H and O–H groups in total. The Bertz CT molecular complexity index is 723. The van der Waals surface area contributed by atoms with Crippen molar-refractivity contribution in [3.8, 4) is 5.75 Å². The zero-order chi connectivity index (χ0) is 17.6. The maximum Gasteiger partial charge on any atom is 0.406 e. The molecule has 0 saturated carbocycles. The summed E-state index contributed by atoms with van der Waals surface area (Å²) in [4.78, 5) is 15.5. The van der Waals surface area contributed by atoms with Gasteiger partial charge in [-0.05, 0) is 12.1 Å². The van der Waals surface area contributed by atoms with E-state index in [4.69, 9.17) is 9.47 Å². The van der Waals surface area contributed by atoms with Gasteiger partial charge in [0.25, 0.3) is 0 Å². The van der Waals surface area contributed by atoms with E-state index < -0.39 is 18.7 Å². The van der Waals surface area contributed by atoms with Gasteiger partial charge in [-0.2, -0.15) is 13.2 Å². The number of carbonyl (C=O) groups excluding carboxylic acids is 1. The normalized spacial score (nSPS) is 11.7. The van der Waals surface area contributed by atoms with Crippen LogP contribution in [0.25, 0.3) is 6.08 Å². The summed E-state index contributed by atoms with van der Waals surface area (Å²) in [5.41, 5.74) is 0.676. The zero-order valence-electron chi connectivity index (χ0n) is 12.8. The number of alkyl halides is 3. The zero-order valence-corrected chi connectivity index (χ0v) is 12.8. The van der Waals surface area contributed by atoms with E-state index >= 15 is 0 Å². The van der Waals surface area contributed by atoms with Crippen molar-refractivity contribution < 1.29 is 27.4 Å². The van der Waals surface area contributed by atoms with Crippen LogP contribution in [0.5, 0.6) is 5.75 Å². The molecule has 1 aromatic heterocycles. The molecule has 0 fully saturated rings. The van der Waals surface area contributed by atoms with Crippen molar-refractivity contribution in [2.45, 2.75) is 19.3 Å². The van der Waals surface area contributed by atoms with E-state index in [1.54, 1.807) is 24.3 Å². The molecule has 0 radical (unpaired) electrons. The van der Waals surface area contributed by atoms with Gasteiger partial charge in [-0.25, -0.2) is 9.78 Å². The number of ether oxygens (including phenoxy) is 2. The van der Waals surface area contributed by atoms with E-state index in [9.17, 15) is 18.0 Å². The molecular weight excluding hydrogens is 325 g/mol. The van der Waals surface area contributed by atoms with Crippen molar-refractivity contribution >= 4 is 12.0 Å². The first kappa shape index (κ1) is 17.6. The fourth-order valence-corrected chi connectivity index (χ4v) is 1.96. The predicted octanol–water partition coefficient (Wildman–Crippen LogP) is 3.21. The maximum atomic E-state index is 12.4. The van der Waals surface area contributed by atoms with Crippen molar-refractivity contribution in [3.05, 3.63) is 54.1 Å². The number of carbonyl (C=O) groups is 1. The smallest absolute Gasteiger partial charge is 0.406 e. The molecule has 0 aliphatic carbocycles. The molecule has 1 aromatic carbocycles. The van der Waals surface area contributed by atoms with E-state index in [1.165, 1.54) is 31.7 Å². The Balaban J connectivity index is 1.94. The molecule has 2 rings (SSSR count). The highest BCUT2D eigenvalue weighted by molar-refractivity contribution is 5.87. The molecule has 24 heavy (non-hydrogen) atoms. The van der Waals surface area contributed by atoms with Crippen molar-refractivity contribution in [3.63, 3.8) is 0 Å². The lowest BCUT2D eigenvalue weighted by molar-refractivity contribution is -0.142. The van der Waals surface area contributed by atoms with E-state index in [-0.39, 0.29) is 12.4 Å². The van der Waals surface area contributed by atoms with Gasteiger partial charge >= 0.3 is 12.1 Å². The highest BCUT2D eigenvalue weighted by atomic mass is 19.4. The predicted molar refractivity (Wildman–Crippen MR) is 80.1 cm³/mol. The van der Waals surface area contributed by atoms with Crippen LogP contribution in [0.2, 0.25) is 0 Å². The highest BCUT2D eigenvalue weighted by Crippen LogP contribution is 2.19. The molecule has 2 aromatic rings. The molecule has 128 valence electrons. The van der Waals surface area contributed by atoms with Crippen LogP contribution in [-0.4, -0.2) is 28.8 Å². The van der Waals surface area contributed by atoms with Gasteiger partial charge in [0.1, 0.15) is 24.7 Å². The van der Waals surface area contributed by atoms with Crippen LogP contribution in [0, 0.1) is 0 Å². The number of methoxy groups -OCH3 is 1. The lowest BCUT2D eigenvalue weighted by atomic mass is 10.2. The van der Waals surface area contributed by atoms with Crippen LogP contribution in [-0.2, 0) is 22.7 Å². The first-order chi connectivity index (χ1) is 11.4. The number of hydrogen-bond acceptors (Lipinski definition) is 4. The van der Waals surface area contributed by atoms with Crippen molar-refractivity contribution in [1.29, 1.82) is 0 Å². The minimum absolute atomic E-state index is 0.0198. The SMILES string of the molecule is COc1ccccc1C=CC(=O)OCc1nccn1CC(F)(F)F. The summed E-state index contributed by atoms with van der Waals surface area (Å²) in [7, 11) is 1.51. The fraction of sp³-hybridized carbons (Fsp3) is 0.250. The molecule has 8 heteroatoms. The van der Waals surface area contributed by atoms with Crippen LogP contribution in [0.15, 0.2) is 42.7 Å². The largest absolute Gasteiger partial charge is 0.496 e. The van der Waals surface area contributed by atoms with Gasteiger partial charge in [-0.3, -0.25) is 0 Å². The van der Waals surface area contributed by atoms with Gasteiger partial charge in [0.15, 0.2) is 0 Å². The highest BCUT2D eigenvalue weighted by Gasteiger charge is 2.28. The molecule has 0 aliphatic heterocycles. The van der Waals surface area contributed by atoms with Gasteiger partial charge < -0.3 is 14.0 Å². The molecule has 1 heterocycles. The van der Waals surface area contributed by atoms with E-state index in [0.717, 1.165) is 4.57 Å². The van der Waals surface area contributed by atoms with Crippen LogP contribution in [0.3, 0.4) is 0 Å². The third-order valence-corrected chi connectivity index (χ3v) is 3.03. The van der Waals surface area contributed by atoms with E-state index in [1.807, 2.05) is 0 Å². The number of benzene rings is 1. The first-order valence-corrected chi connectivity index (χ1v) is 6.93. The summed E-state index contributed by atoms with van der Waals surface area (Å²) >= 11 is 0. The van der Waals surface area contributed by atoms with Gasteiger partial charge in [0.05, 0.1) is 7.11 Å². The summed E-state index contributed by atoms with van der Waals surface area (Å²) in [6, 6.07) is 7.05. The fourth-order valence-electron chi connectivity index (χ4n) is 1.96. The molecule has 0 unspecified atom stereocenters. The summed E-state index contributed by atoms with van der Waals surface area (Å²) in [5, 5.41) is 0. The minimum Gasteiger partial charge on any atom is -0.496 e. The van der Waals surface area contributed by atoms with Crippen LogP contribution >= 0.6 is 0 Å². The van der Waals surface area contributed by atoms with Gasteiger partial charge in [-0.1, -0.05) is 18.2 Å². The van der Waals surface area contributed by atoms with Gasteiger partial charge in [0.2, 0.25) is 0 Å². The van der Waals surface area contributed by atoms with Gasteiger partial charge in [0, 0.05) is 24.0 Å². The molecular formula is C16H15F3N2O3. The average Bonchev–Trinajstić information content (AvgIpc) is 2.96. The third kappa shape index (κ3) is 5.15. The molecule has 0 atom stereocenters. The summed E-state index contributed by atoms with van der Waals surface area (Å²) < 4.78 is 48.1. The summed E-state index contributed by atoms with van der Waals surface area (Å²) in [5.74, 6) is -0.0869. The Morgan fingerprint density at radius 2 is 2.08 bits per heavy atom. The third-order valence-electron chi connectivity index (χ3n) is 3.03. The molecule has 0 saturated heterocycles. The van der Waals surface area contributed by atoms with Crippen molar-refractivity contribution in [2.75, 3.05) is 7.11 Å². The van der Waals surface area contributed by atoms with Crippen LogP contribution in [0.1, 0.15) is 11.4 Å². The molecule has 0 spiro atoms. The minimum atomic E-state index is -4.37. The number of esters is 1.